The fourth-order valence-corrected chi connectivity index (χ4v) is 4.70. The van der Waals surface area contributed by atoms with Crippen LogP contribution in [0.5, 0.6) is 5.75 Å². The Kier molecular flexibility index (Phi) is 9.21. The van der Waals surface area contributed by atoms with Gasteiger partial charge in [0.05, 0.1) is 10.7 Å². The number of hydrogen-bond donors (Lipinski definition) is 2. The number of carbonyl (C=O) groups excluding carboxylic acids is 3. The van der Waals surface area contributed by atoms with E-state index in [0.717, 1.165) is 17.2 Å². The highest BCUT2D eigenvalue weighted by Gasteiger charge is 2.28. The highest BCUT2D eigenvalue weighted by atomic mass is 35.5. The Hall–Kier alpha value is -4.47. The lowest BCUT2D eigenvalue weighted by Gasteiger charge is -2.26. The van der Waals surface area contributed by atoms with E-state index in [-0.39, 0.29) is 17.5 Å². The topological polar surface area (TPSA) is 114 Å². The number of amides is 3. The van der Waals surface area contributed by atoms with Gasteiger partial charge in [-0.15, -0.1) is 0 Å². The lowest BCUT2D eigenvalue weighted by Crippen LogP contribution is -2.41. The number of likely N-dealkylation sites (N-methyl/N-ethyl adjacent to an activating group) is 1. The molecule has 9 nitrogen and oxygen atoms in total. The first-order valence-electron chi connectivity index (χ1n) is 12.5. The minimum absolute atomic E-state index is 0.0213. The first-order valence-corrected chi connectivity index (χ1v) is 13.2. The SMILES string of the molecule is C=CC(=O)NC(C(=O)N(C)c1ccc(Cl)c(COc2cccc3ccc(C)nc23)c1Cl)c1ccc(NC(C)=O)nc1. The van der Waals surface area contributed by atoms with Gasteiger partial charge in [-0.2, -0.15) is 0 Å². The highest BCUT2D eigenvalue weighted by molar-refractivity contribution is 6.38. The number of benzene rings is 2. The third-order valence-electron chi connectivity index (χ3n) is 6.19. The number of halogens is 2. The Morgan fingerprint density at radius 1 is 1.10 bits per heavy atom. The van der Waals surface area contributed by atoms with E-state index < -0.39 is 17.9 Å². The molecule has 2 heterocycles. The van der Waals surface area contributed by atoms with Crippen LogP contribution in [0.3, 0.4) is 0 Å². The predicted octanol–water partition coefficient (Wildman–Crippen LogP) is 5.79. The summed E-state index contributed by atoms with van der Waals surface area (Å²) in [5, 5.41) is 6.69. The number of pyridine rings is 2. The van der Waals surface area contributed by atoms with Crippen molar-refractivity contribution in [2.75, 3.05) is 17.3 Å². The zero-order valence-corrected chi connectivity index (χ0v) is 24.1. The first kappa shape index (κ1) is 29.5. The van der Waals surface area contributed by atoms with Crippen molar-refractivity contribution in [2.45, 2.75) is 26.5 Å². The number of fused-ring (bicyclic) bond motifs is 1. The summed E-state index contributed by atoms with van der Waals surface area (Å²) in [7, 11) is 1.53. The molecule has 1 atom stereocenters. The molecule has 11 heteroatoms. The fourth-order valence-electron chi connectivity index (χ4n) is 4.09. The van der Waals surface area contributed by atoms with E-state index in [4.69, 9.17) is 27.9 Å². The highest BCUT2D eigenvalue weighted by Crippen LogP contribution is 2.36. The van der Waals surface area contributed by atoms with Crippen LogP contribution in [-0.4, -0.2) is 34.7 Å². The molecule has 1 unspecified atom stereocenters. The molecule has 0 bridgehead atoms. The summed E-state index contributed by atoms with van der Waals surface area (Å²) >= 11 is 13.3. The van der Waals surface area contributed by atoms with Crippen molar-refractivity contribution in [2.24, 2.45) is 0 Å². The molecule has 2 aromatic heterocycles. The maximum Gasteiger partial charge on any atom is 0.254 e. The Balaban J connectivity index is 1.62. The van der Waals surface area contributed by atoms with Gasteiger partial charge in [0.1, 0.15) is 29.7 Å². The summed E-state index contributed by atoms with van der Waals surface area (Å²) < 4.78 is 6.10. The molecule has 210 valence electrons. The predicted molar refractivity (Wildman–Crippen MR) is 160 cm³/mol. The number of anilines is 2. The molecule has 2 N–H and O–H groups in total. The number of carbonyl (C=O) groups is 3. The number of nitrogens with one attached hydrogen (secondary N) is 2. The summed E-state index contributed by atoms with van der Waals surface area (Å²) in [5.74, 6) is -0.480. The lowest BCUT2D eigenvalue weighted by molar-refractivity contribution is -0.125. The van der Waals surface area contributed by atoms with E-state index >= 15 is 0 Å². The largest absolute Gasteiger partial charge is 0.487 e. The van der Waals surface area contributed by atoms with E-state index in [0.29, 0.717) is 38.9 Å². The number of aryl methyl sites for hydroxylation is 1. The van der Waals surface area contributed by atoms with Gasteiger partial charge in [0.2, 0.25) is 11.8 Å². The van der Waals surface area contributed by atoms with Crippen LogP contribution in [0.2, 0.25) is 10.0 Å². The second-order valence-corrected chi connectivity index (χ2v) is 9.91. The average molecular weight is 592 g/mol. The van der Waals surface area contributed by atoms with Crippen LogP contribution in [0.15, 0.2) is 73.4 Å². The van der Waals surface area contributed by atoms with Gasteiger partial charge in [-0.25, -0.2) is 9.97 Å². The molecule has 0 spiro atoms. The van der Waals surface area contributed by atoms with Gasteiger partial charge < -0.3 is 20.3 Å². The van der Waals surface area contributed by atoms with Crippen LogP contribution in [0.4, 0.5) is 11.5 Å². The van der Waals surface area contributed by atoms with Gasteiger partial charge >= 0.3 is 0 Å². The lowest BCUT2D eigenvalue weighted by atomic mass is 10.1. The van der Waals surface area contributed by atoms with Gasteiger partial charge in [-0.05, 0) is 43.3 Å². The van der Waals surface area contributed by atoms with E-state index in [1.54, 1.807) is 18.2 Å². The standard InChI is InChI=1S/C30H27Cl2N5O4/c1-5-26(39)36-29(20-11-14-25(33-15-20)35-18(3)38)30(40)37(4)23-13-12-22(31)21(27(23)32)16-41-24-8-6-7-19-10-9-17(2)34-28(19)24/h5-15,29H,1,16H2,2-4H3,(H,36,39)(H,33,35,38). The number of rotatable bonds is 9. The number of ether oxygens (including phenoxy) is 1. The van der Waals surface area contributed by atoms with Crippen LogP contribution in [0.25, 0.3) is 10.9 Å². The molecule has 0 saturated heterocycles. The Morgan fingerprint density at radius 3 is 2.56 bits per heavy atom. The van der Waals surface area contributed by atoms with Crippen LogP contribution in [0.1, 0.15) is 29.8 Å². The maximum absolute atomic E-state index is 13.7. The second kappa shape index (κ2) is 12.8. The van der Waals surface area contributed by atoms with Gasteiger partial charge in [0.15, 0.2) is 0 Å². The quantitative estimate of drug-likeness (QED) is 0.238. The van der Waals surface area contributed by atoms with E-state index in [1.807, 2.05) is 37.3 Å². The zero-order chi connectivity index (χ0) is 29.7. The van der Waals surface area contributed by atoms with Crippen molar-refractivity contribution < 1.29 is 19.1 Å². The molecule has 0 aliphatic rings. The Labute approximate surface area is 247 Å². The summed E-state index contributed by atoms with van der Waals surface area (Å²) in [5.41, 5.74) is 2.78. The number of para-hydroxylation sites is 1. The first-order chi connectivity index (χ1) is 19.6. The molecular weight excluding hydrogens is 565 g/mol. The molecule has 0 saturated carbocycles. The molecule has 0 aliphatic carbocycles. The van der Waals surface area contributed by atoms with Crippen molar-refractivity contribution in [1.82, 2.24) is 15.3 Å². The summed E-state index contributed by atoms with van der Waals surface area (Å²) in [6.07, 6.45) is 2.46. The fraction of sp³-hybridized carbons (Fsp3) is 0.167. The minimum Gasteiger partial charge on any atom is -0.487 e. The van der Waals surface area contributed by atoms with Crippen molar-refractivity contribution in [1.29, 1.82) is 0 Å². The van der Waals surface area contributed by atoms with E-state index in [9.17, 15) is 14.4 Å². The smallest absolute Gasteiger partial charge is 0.254 e. The van der Waals surface area contributed by atoms with Crippen LogP contribution < -0.4 is 20.3 Å². The molecule has 41 heavy (non-hydrogen) atoms. The van der Waals surface area contributed by atoms with Gasteiger partial charge in [-0.1, -0.05) is 54.0 Å². The number of aromatic nitrogens is 2. The molecule has 0 fully saturated rings. The Morgan fingerprint density at radius 2 is 1.88 bits per heavy atom. The third kappa shape index (κ3) is 6.82. The van der Waals surface area contributed by atoms with Crippen LogP contribution >= 0.6 is 23.2 Å². The minimum atomic E-state index is -1.12. The molecule has 4 aromatic rings. The summed E-state index contributed by atoms with van der Waals surface area (Å²) in [6, 6.07) is 14.7. The van der Waals surface area contributed by atoms with Crippen LogP contribution in [-0.2, 0) is 21.0 Å². The van der Waals surface area contributed by atoms with Crippen molar-refractivity contribution >= 4 is 63.3 Å². The molecule has 4 rings (SSSR count). The van der Waals surface area contributed by atoms with Crippen molar-refractivity contribution in [3.05, 3.63) is 100 Å². The van der Waals surface area contributed by atoms with Gasteiger partial charge in [0.25, 0.3) is 5.91 Å². The van der Waals surface area contributed by atoms with Crippen molar-refractivity contribution in [3.63, 3.8) is 0 Å². The number of hydrogen-bond acceptors (Lipinski definition) is 6. The Bertz CT molecular complexity index is 1640. The molecule has 0 aliphatic heterocycles. The molecule has 0 radical (unpaired) electrons. The normalized spacial score (nSPS) is 11.4. The second-order valence-electron chi connectivity index (χ2n) is 9.13. The molecule has 2 aromatic carbocycles. The monoisotopic (exact) mass is 591 g/mol. The van der Waals surface area contributed by atoms with Crippen LogP contribution in [0, 0.1) is 6.92 Å². The van der Waals surface area contributed by atoms with E-state index in [2.05, 4.69) is 27.2 Å². The summed E-state index contributed by atoms with van der Waals surface area (Å²) in [4.78, 5) is 47.4. The zero-order valence-electron chi connectivity index (χ0n) is 22.6. The van der Waals surface area contributed by atoms with Crippen molar-refractivity contribution in [3.8, 4) is 5.75 Å². The average Bonchev–Trinajstić information content (AvgIpc) is 2.95. The maximum atomic E-state index is 13.7. The molecular formula is C30H27Cl2N5O4. The van der Waals surface area contributed by atoms with Gasteiger partial charge in [-0.3, -0.25) is 14.4 Å². The van der Waals surface area contributed by atoms with Gasteiger partial charge in [0, 0.05) is 47.4 Å². The third-order valence-corrected chi connectivity index (χ3v) is 6.97. The molecule has 3 amide bonds. The van der Waals surface area contributed by atoms with E-state index in [1.165, 1.54) is 31.1 Å². The number of nitrogens with zero attached hydrogens (tertiary/aromatic N) is 3. The summed E-state index contributed by atoms with van der Waals surface area (Å²) in [6.45, 7) is 6.75.